The molecule has 0 spiro atoms. The van der Waals surface area contributed by atoms with E-state index in [0.29, 0.717) is 11.1 Å². The first-order valence-electron chi connectivity index (χ1n) is 6.55. The van der Waals surface area contributed by atoms with Gasteiger partial charge >= 0.3 is 0 Å². The lowest BCUT2D eigenvalue weighted by atomic mass is 9.72. The van der Waals surface area contributed by atoms with Gasteiger partial charge in [0.25, 0.3) is 0 Å². The van der Waals surface area contributed by atoms with Crippen molar-refractivity contribution in [2.24, 2.45) is 0 Å². The summed E-state index contributed by atoms with van der Waals surface area (Å²) in [5.41, 5.74) is -0.546. The molecule has 2 aliphatic rings. The number of ketones is 2. The van der Waals surface area contributed by atoms with E-state index in [1.165, 1.54) is 0 Å². The first-order chi connectivity index (χ1) is 9.61. The molecule has 1 heterocycles. The van der Waals surface area contributed by atoms with E-state index in [1.807, 2.05) is 30.3 Å². The molecular formula is C17H12O3. The molecule has 0 N–H and O–H groups in total. The number of carbonyl (C=O) groups excluding carboxylic acids is 2. The van der Waals surface area contributed by atoms with Crippen molar-refractivity contribution in [3.8, 4) is 0 Å². The van der Waals surface area contributed by atoms with Gasteiger partial charge in [-0.15, -0.1) is 0 Å². The average Bonchev–Trinajstić information content (AvgIpc) is 3.16. The average molecular weight is 264 g/mol. The fraction of sp³-hybridized carbons (Fsp3) is 0.176. The zero-order valence-corrected chi connectivity index (χ0v) is 10.9. The fourth-order valence-electron chi connectivity index (χ4n) is 3.21. The molecule has 1 aliphatic heterocycles. The summed E-state index contributed by atoms with van der Waals surface area (Å²) in [6.45, 7) is 1.70. The fourth-order valence-corrected chi connectivity index (χ4v) is 3.21. The van der Waals surface area contributed by atoms with Crippen LogP contribution in [0.3, 0.4) is 0 Å². The Bertz CT molecular complexity index is 750. The Morgan fingerprint density at radius 2 is 1.35 bits per heavy atom. The van der Waals surface area contributed by atoms with Crippen LogP contribution in [0.1, 0.15) is 33.2 Å². The van der Waals surface area contributed by atoms with Gasteiger partial charge in [-0.25, -0.2) is 0 Å². The van der Waals surface area contributed by atoms with Crippen LogP contribution in [-0.4, -0.2) is 17.2 Å². The second-order valence-corrected chi connectivity index (χ2v) is 5.39. The number of epoxide rings is 1. The largest absolute Gasteiger partial charge is 0.340 e. The number of benzene rings is 2. The zero-order chi connectivity index (χ0) is 14.0. The van der Waals surface area contributed by atoms with Crippen LogP contribution in [0.15, 0.2) is 54.6 Å². The van der Waals surface area contributed by atoms with Crippen molar-refractivity contribution < 1.29 is 14.3 Å². The van der Waals surface area contributed by atoms with Crippen LogP contribution in [0.25, 0.3) is 0 Å². The second-order valence-electron chi connectivity index (χ2n) is 5.39. The minimum absolute atomic E-state index is 0.114. The first-order valence-corrected chi connectivity index (χ1v) is 6.55. The van der Waals surface area contributed by atoms with Gasteiger partial charge in [-0.1, -0.05) is 54.6 Å². The van der Waals surface area contributed by atoms with Crippen molar-refractivity contribution in [1.29, 1.82) is 0 Å². The molecule has 4 rings (SSSR count). The number of Topliss-reactive ketones (excluding diaryl/α,β-unsaturated/α-hetero) is 2. The van der Waals surface area contributed by atoms with Crippen LogP contribution in [0.5, 0.6) is 0 Å². The van der Waals surface area contributed by atoms with Crippen molar-refractivity contribution in [3.05, 3.63) is 71.3 Å². The van der Waals surface area contributed by atoms with Crippen molar-refractivity contribution in [1.82, 2.24) is 0 Å². The summed E-state index contributed by atoms with van der Waals surface area (Å²) < 4.78 is 5.75. The molecule has 0 unspecified atom stereocenters. The van der Waals surface area contributed by atoms with Gasteiger partial charge < -0.3 is 4.74 Å². The van der Waals surface area contributed by atoms with Crippen molar-refractivity contribution in [2.45, 2.75) is 18.1 Å². The molecule has 2 atom stereocenters. The van der Waals surface area contributed by atoms with Crippen molar-refractivity contribution in [3.63, 3.8) is 0 Å². The van der Waals surface area contributed by atoms with Gasteiger partial charge in [-0.3, -0.25) is 9.59 Å². The van der Waals surface area contributed by atoms with Gasteiger partial charge in [0.15, 0.2) is 17.0 Å². The Balaban J connectivity index is 1.99. The molecular weight excluding hydrogens is 252 g/mol. The Kier molecular flexibility index (Phi) is 1.99. The van der Waals surface area contributed by atoms with E-state index < -0.39 is 11.2 Å². The first kappa shape index (κ1) is 11.6. The minimum Gasteiger partial charge on any atom is -0.340 e. The summed E-state index contributed by atoms with van der Waals surface area (Å²) in [7, 11) is 0. The maximum atomic E-state index is 12.9. The zero-order valence-electron chi connectivity index (χ0n) is 10.9. The molecule has 0 radical (unpaired) electrons. The van der Waals surface area contributed by atoms with Gasteiger partial charge in [0.1, 0.15) is 0 Å². The molecule has 2 aromatic rings. The quantitative estimate of drug-likeness (QED) is 0.744. The topological polar surface area (TPSA) is 46.7 Å². The van der Waals surface area contributed by atoms with Gasteiger partial charge in [0.05, 0.1) is 0 Å². The van der Waals surface area contributed by atoms with Gasteiger partial charge in [0, 0.05) is 11.1 Å². The highest BCUT2D eigenvalue weighted by atomic mass is 16.6. The predicted molar refractivity (Wildman–Crippen MR) is 72.7 cm³/mol. The van der Waals surface area contributed by atoms with E-state index in [2.05, 4.69) is 0 Å². The van der Waals surface area contributed by atoms with Crippen LogP contribution in [-0.2, 0) is 10.3 Å². The third-order valence-electron chi connectivity index (χ3n) is 4.34. The molecule has 98 valence electrons. The highest BCUT2D eigenvalue weighted by Crippen LogP contribution is 2.61. The molecule has 0 saturated carbocycles. The third-order valence-corrected chi connectivity index (χ3v) is 4.34. The van der Waals surface area contributed by atoms with Crippen LogP contribution in [0, 0.1) is 0 Å². The number of carbonyl (C=O) groups is 2. The number of rotatable bonds is 1. The van der Waals surface area contributed by atoms with Crippen molar-refractivity contribution >= 4 is 11.6 Å². The Labute approximate surface area is 116 Å². The van der Waals surface area contributed by atoms with Crippen molar-refractivity contribution in [2.75, 3.05) is 0 Å². The number of hydrogen-bond acceptors (Lipinski definition) is 3. The molecule has 3 nitrogen and oxygen atoms in total. The molecule has 1 aliphatic carbocycles. The van der Waals surface area contributed by atoms with Gasteiger partial charge in [0.2, 0.25) is 5.78 Å². The van der Waals surface area contributed by atoms with Crippen LogP contribution in [0.2, 0.25) is 0 Å². The Hall–Kier alpha value is -2.26. The molecule has 0 amide bonds. The molecule has 1 fully saturated rings. The standard InChI is InChI=1S/C17H12O3/c1-16-14(18)12-9-5-6-10-13(12)15(19)17(16,20-16)11-7-3-2-4-8-11/h2-10H,1H3/t16-,17+/m1/s1. The van der Waals surface area contributed by atoms with Gasteiger partial charge in [-0.05, 0) is 12.5 Å². The van der Waals surface area contributed by atoms with Gasteiger partial charge in [-0.2, -0.15) is 0 Å². The molecule has 0 aromatic heterocycles. The smallest absolute Gasteiger partial charge is 0.203 e. The minimum atomic E-state index is -1.14. The van der Waals surface area contributed by atoms with Crippen LogP contribution >= 0.6 is 0 Å². The summed E-state index contributed by atoms with van der Waals surface area (Å²) in [6.07, 6.45) is 0. The van der Waals surface area contributed by atoms with E-state index >= 15 is 0 Å². The van der Waals surface area contributed by atoms with E-state index in [4.69, 9.17) is 4.74 Å². The molecule has 1 saturated heterocycles. The maximum Gasteiger partial charge on any atom is 0.203 e. The Morgan fingerprint density at radius 3 is 2.00 bits per heavy atom. The second kappa shape index (κ2) is 3.44. The summed E-state index contributed by atoms with van der Waals surface area (Å²) in [4.78, 5) is 25.5. The maximum absolute atomic E-state index is 12.9. The monoisotopic (exact) mass is 264 g/mol. The van der Waals surface area contributed by atoms with Crippen LogP contribution < -0.4 is 0 Å². The van der Waals surface area contributed by atoms with E-state index in [0.717, 1.165) is 5.56 Å². The SMILES string of the molecule is C[C@]12O[C@@]1(c1ccccc1)C(=O)c1ccccc1C2=O. The number of fused-ring (bicyclic) bond motifs is 2. The lowest BCUT2D eigenvalue weighted by molar-refractivity contribution is 0.0844. The summed E-state index contributed by atoms with van der Waals surface area (Å²) in [5.74, 6) is -0.238. The summed E-state index contributed by atoms with van der Waals surface area (Å²) >= 11 is 0. The number of ether oxygens (including phenoxy) is 1. The highest BCUT2D eigenvalue weighted by Gasteiger charge is 2.78. The van der Waals surface area contributed by atoms with Crippen LogP contribution in [0.4, 0.5) is 0 Å². The Morgan fingerprint density at radius 1 is 0.800 bits per heavy atom. The molecule has 20 heavy (non-hydrogen) atoms. The van der Waals surface area contributed by atoms with E-state index in [1.54, 1.807) is 31.2 Å². The highest BCUT2D eigenvalue weighted by molar-refractivity contribution is 6.25. The third kappa shape index (κ3) is 1.10. The lowest BCUT2D eigenvalue weighted by Crippen LogP contribution is -2.41. The summed E-state index contributed by atoms with van der Waals surface area (Å²) in [5, 5.41) is 0. The normalized spacial score (nSPS) is 30.6. The lowest BCUT2D eigenvalue weighted by Gasteiger charge is -2.22. The molecule has 2 aromatic carbocycles. The van der Waals surface area contributed by atoms with E-state index in [9.17, 15) is 9.59 Å². The molecule has 3 heteroatoms. The molecule has 0 bridgehead atoms. The van der Waals surface area contributed by atoms with E-state index in [-0.39, 0.29) is 11.6 Å². The summed E-state index contributed by atoms with van der Waals surface area (Å²) in [6, 6.07) is 16.2. The number of hydrogen-bond donors (Lipinski definition) is 0. The predicted octanol–water partition coefficient (Wildman–Crippen LogP) is 2.75.